The summed E-state index contributed by atoms with van der Waals surface area (Å²) in [4.78, 5) is 11.7. The van der Waals surface area contributed by atoms with Crippen molar-refractivity contribution in [1.29, 1.82) is 0 Å². The number of nitrogens with zero attached hydrogens (tertiary/aromatic N) is 1. The van der Waals surface area contributed by atoms with E-state index in [0.29, 0.717) is 11.3 Å². The minimum Gasteiger partial charge on any atom is -0.394 e. The van der Waals surface area contributed by atoms with E-state index in [2.05, 4.69) is 15.5 Å². The van der Waals surface area contributed by atoms with Crippen LogP contribution in [0.25, 0.3) is 0 Å². The average molecular weight is 213 g/mol. The number of hydrogen-bond donors (Lipinski definition) is 4. The van der Waals surface area contributed by atoms with Crippen molar-refractivity contribution in [3.8, 4) is 0 Å². The molecular weight excluding hydrogens is 198 g/mol. The highest BCUT2D eigenvalue weighted by atomic mass is 16.3. The first-order valence-electron chi connectivity index (χ1n) is 4.56. The van der Waals surface area contributed by atoms with E-state index in [9.17, 15) is 4.79 Å². The van der Waals surface area contributed by atoms with Crippen LogP contribution in [-0.2, 0) is 0 Å². The van der Waals surface area contributed by atoms with Gasteiger partial charge < -0.3 is 15.5 Å². The molecule has 0 fully saturated rings. The Labute approximate surface area is 87.3 Å². The Morgan fingerprint density at radius 3 is 2.60 bits per heavy atom. The molecule has 6 heteroatoms. The van der Waals surface area contributed by atoms with Crippen LogP contribution in [-0.4, -0.2) is 45.1 Å². The highest BCUT2D eigenvalue weighted by molar-refractivity contribution is 5.95. The Morgan fingerprint density at radius 2 is 2.20 bits per heavy atom. The van der Waals surface area contributed by atoms with E-state index in [0.717, 1.165) is 0 Å². The molecule has 1 aromatic heterocycles. The van der Waals surface area contributed by atoms with Gasteiger partial charge in [0.05, 0.1) is 30.5 Å². The summed E-state index contributed by atoms with van der Waals surface area (Å²) in [7, 11) is 0. The van der Waals surface area contributed by atoms with Crippen LogP contribution in [0.5, 0.6) is 0 Å². The number of carbonyl (C=O) groups is 1. The summed E-state index contributed by atoms with van der Waals surface area (Å²) in [5.41, 5.74) is 0.0368. The van der Waals surface area contributed by atoms with Crippen LogP contribution in [0.2, 0.25) is 0 Å². The highest BCUT2D eigenvalue weighted by Crippen LogP contribution is 2.06. The van der Waals surface area contributed by atoms with Gasteiger partial charge in [0.1, 0.15) is 0 Å². The van der Waals surface area contributed by atoms with Crippen LogP contribution in [0.3, 0.4) is 0 Å². The highest BCUT2D eigenvalue weighted by Gasteiger charge is 2.26. The van der Waals surface area contributed by atoms with Gasteiger partial charge in [-0.25, -0.2) is 0 Å². The number of H-pyrrole nitrogens is 1. The zero-order valence-electron chi connectivity index (χ0n) is 8.74. The fourth-order valence-electron chi connectivity index (χ4n) is 1.05. The normalized spacial score (nSPS) is 11.5. The van der Waals surface area contributed by atoms with Crippen LogP contribution in [0, 0.1) is 6.92 Å². The Balaban J connectivity index is 2.76. The van der Waals surface area contributed by atoms with E-state index in [1.54, 1.807) is 13.8 Å². The molecular formula is C9H15N3O3. The number of amides is 1. The SMILES string of the molecule is Cc1[nH]ncc1C(=O)NC(C)(CO)CO. The van der Waals surface area contributed by atoms with Gasteiger partial charge in [-0.3, -0.25) is 9.89 Å². The molecule has 0 spiro atoms. The van der Waals surface area contributed by atoms with Crippen LogP contribution in [0.15, 0.2) is 6.20 Å². The third-order valence-corrected chi connectivity index (χ3v) is 2.19. The number of aryl methyl sites for hydroxylation is 1. The Morgan fingerprint density at radius 1 is 1.60 bits per heavy atom. The molecule has 0 aliphatic rings. The molecule has 0 atom stereocenters. The number of rotatable bonds is 4. The predicted molar refractivity (Wildman–Crippen MR) is 53.4 cm³/mol. The fraction of sp³-hybridized carbons (Fsp3) is 0.556. The lowest BCUT2D eigenvalue weighted by Crippen LogP contribution is -2.51. The Hall–Kier alpha value is -1.40. The van der Waals surface area contributed by atoms with Crippen molar-refractivity contribution < 1.29 is 15.0 Å². The van der Waals surface area contributed by atoms with Crippen molar-refractivity contribution in [3.63, 3.8) is 0 Å². The summed E-state index contributed by atoms with van der Waals surface area (Å²) in [6.45, 7) is 2.62. The summed E-state index contributed by atoms with van der Waals surface area (Å²) in [6, 6.07) is 0. The van der Waals surface area contributed by atoms with Gasteiger partial charge in [-0.15, -0.1) is 0 Å². The first-order valence-corrected chi connectivity index (χ1v) is 4.56. The quantitative estimate of drug-likeness (QED) is 0.526. The molecule has 1 amide bonds. The third-order valence-electron chi connectivity index (χ3n) is 2.19. The van der Waals surface area contributed by atoms with E-state index < -0.39 is 5.54 Å². The molecule has 4 N–H and O–H groups in total. The van der Waals surface area contributed by atoms with E-state index in [4.69, 9.17) is 10.2 Å². The topological polar surface area (TPSA) is 98.2 Å². The third kappa shape index (κ3) is 2.54. The monoisotopic (exact) mass is 213 g/mol. The minimum atomic E-state index is -1.01. The average Bonchev–Trinajstić information content (AvgIpc) is 2.64. The summed E-state index contributed by atoms with van der Waals surface area (Å²) < 4.78 is 0. The van der Waals surface area contributed by atoms with Crippen LogP contribution in [0.1, 0.15) is 23.0 Å². The number of aliphatic hydroxyl groups is 2. The summed E-state index contributed by atoms with van der Waals surface area (Å²) in [5.74, 6) is -0.369. The lowest BCUT2D eigenvalue weighted by Gasteiger charge is -2.25. The number of aromatic nitrogens is 2. The number of nitrogens with one attached hydrogen (secondary N) is 2. The zero-order chi connectivity index (χ0) is 11.5. The lowest BCUT2D eigenvalue weighted by atomic mass is 10.0. The predicted octanol–water partition coefficient (Wildman–Crippen LogP) is -0.809. The van der Waals surface area contributed by atoms with Gasteiger partial charge in [-0.05, 0) is 13.8 Å². The zero-order valence-corrected chi connectivity index (χ0v) is 8.74. The molecule has 0 radical (unpaired) electrons. The van der Waals surface area contributed by atoms with E-state index in [1.807, 2.05) is 0 Å². The van der Waals surface area contributed by atoms with Gasteiger partial charge in [0.2, 0.25) is 0 Å². The van der Waals surface area contributed by atoms with Crippen molar-refractivity contribution in [1.82, 2.24) is 15.5 Å². The van der Waals surface area contributed by atoms with Gasteiger partial charge in [0.15, 0.2) is 0 Å². The maximum absolute atomic E-state index is 11.7. The standard InChI is InChI=1S/C9H15N3O3/c1-6-7(3-10-12-6)8(15)11-9(2,4-13)5-14/h3,13-14H,4-5H2,1-2H3,(H,10,12)(H,11,15). The van der Waals surface area contributed by atoms with Crippen molar-refractivity contribution in [2.24, 2.45) is 0 Å². The summed E-state index contributed by atoms with van der Waals surface area (Å²) in [5, 5.41) is 26.9. The number of aromatic amines is 1. The van der Waals surface area contributed by atoms with Crippen molar-refractivity contribution in [2.75, 3.05) is 13.2 Å². The van der Waals surface area contributed by atoms with Crippen LogP contribution >= 0.6 is 0 Å². The van der Waals surface area contributed by atoms with Gasteiger partial charge in [0, 0.05) is 5.69 Å². The van der Waals surface area contributed by atoms with Crippen molar-refractivity contribution in [2.45, 2.75) is 19.4 Å². The molecule has 1 rings (SSSR count). The smallest absolute Gasteiger partial charge is 0.255 e. The van der Waals surface area contributed by atoms with Crippen LogP contribution < -0.4 is 5.32 Å². The molecule has 0 aromatic carbocycles. The van der Waals surface area contributed by atoms with Crippen molar-refractivity contribution >= 4 is 5.91 Å². The summed E-state index contributed by atoms with van der Waals surface area (Å²) >= 11 is 0. The number of hydrogen-bond acceptors (Lipinski definition) is 4. The molecule has 15 heavy (non-hydrogen) atoms. The first-order chi connectivity index (χ1) is 7.02. The molecule has 6 nitrogen and oxygen atoms in total. The number of aliphatic hydroxyl groups excluding tert-OH is 2. The Bertz CT molecular complexity index is 344. The van der Waals surface area contributed by atoms with Crippen molar-refractivity contribution in [3.05, 3.63) is 17.5 Å². The molecule has 0 saturated heterocycles. The van der Waals surface area contributed by atoms with E-state index >= 15 is 0 Å². The fourth-order valence-corrected chi connectivity index (χ4v) is 1.05. The van der Waals surface area contributed by atoms with Gasteiger partial charge >= 0.3 is 0 Å². The molecule has 84 valence electrons. The van der Waals surface area contributed by atoms with E-state index in [1.165, 1.54) is 6.20 Å². The molecule has 1 heterocycles. The molecule has 0 aliphatic heterocycles. The first kappa shape index (κ1) is 11.7. The molecule has 0 aliphatic carbocycles. The van der Waals surface area contributed by atoms with E-state index in [-0.39, 0.29) is 19.1 Å². The second kappa shape index (κ2) is 4.41. The molecule has 0 bridgehead atoms. The maximum Gasteiger partial charge on any atom is 0.255 e. The summed E-state index contributed by atoms with van der Waals surface area (Å²) in [6.07, 6.45) is 1.40. The number of carbonyl (C=O) groups excluding carboxylic acids is 1. The lowest BCUT2D eigenvalue weighted by molar-refractivity contribution is 0.0723. The van der Waals surface area contributed by atoms with Gasteiger partial charge in [0.25, 0.3) is 5.91 Å². The molecule has 1 aromatic rings. The minimum absolute atomic E-state index is 0.327. The molecule has 0 unspecified atom stereocenters. The molecule has 0 saturated carbocycles. The second-order valence-electron chi connectivity index (χ2n) is 3.74. The maximum atomic E-state index is 11.7. The Kier molecular flexibility index (Phi) is 3.43. The largest absolute Gasteiger partial charge is 0.394 e. The van der Waals surface area contributed by atoms with Gasteiger partial charge in [-0.1, -0.05) is 0 Å². The van der Waals surface area contributed by atoms with Gasteiger partial charge in [-0.2, -0.15) is 5.10 Å². The van der Waals surface area contributed by atoms with Crippen LogP contribution in [0.4, 0.5) is 0 Å². The second-order valence-corrected chi connectivity index (χ2v) is 3.74.